The molecule has 21 heavy (non-hydrogen) atoms. The Morgan fingerprint density at radius 3 is 2.10 bits per heavy atom. The molecule has 118 valence electrons. The molecule has 0 spiro atoms. The summed E-state index contributed by atoms with van der Waals surface area (Å²) in [6.07, 6.45) is 0. The van der Waals surface area contributed by atoms with E-state index in [1.54, 1.807) is 0 Å². The van der Waals surface area contributed by atoms with E-state index in [1.165, 1.54) is 5.56 Å². The number of nitrogens with zero attached hydrogens (tertiary/aromatic N) is 1. The van der Waals surface area contributed by atoms with Crippen molar-refractivity contribution in [2.24, 2.45) is 5.73 Å². The summed E-state index contributed by atoms with van der Waals surface area (Å²) >= 11 is 0. The number of hydrogen-bond acceptors (Lipinski definition) is 3. The van der Waals surface area contributed by atoms with E-state index in [9.17, 15) is 0 Å². The molecule has 1 saturated heterocycles. The van der Waals surface area contributed by atoms with Crippen LogP contribution in [0.3, 0.4) is 0 Å². The van der Waals surface area contributed by atoms with Crippen LogP contribution in [-0.2, 0) is 10.2 Å². The largest absolute Gasteiger partial charge is 0.367 e. The van der Waals surface area contributed by atoms with E-state index in [2.05, 4.69) is 69.9 Å². The Labute approximate surface area is 129 Å². The Morgan fingerprint density at radius 2 is 1.62 bits per heavy atom. The van der Waals surface area contributed by atoms with Crippen LogP contribution in [0.15, 0.2) is 30.3 Å². The minimum atomic E-state index is -0.117. The fraction of sp³-hybridized carbons (Fsp3) is 0.667. The van der Waals surface area contributed by atoms with E-state index in [0.717, 1.165) is 19.6 Å². The summed E-state index contributed by atoms with van der Waals surface area (Å²) < 4.78 is 6.17. The standard InChI is InChI=1S/C18H30N2O/c1-16(2)12-20(13-17(3,4)21-16)14-18(5,11-19)15-9-7-6-8-10-15/h6-10H,11-14,19H2,1-5H3. The quantitative estimate of drug-likeness (QED) is 0.926. The predicted molar refractivity (Wildman–Crippen MR) is 88.5 cm³/mol. The van der Waals surface area contributed by atoms with Crippen LogP contribution in [0.4, 0.5) is 0 Å². The second kappa shape index (κ2) is 5.71. The molecule has 1 aliphatic rings. The fourth-order valence-corrected chi connectivity index (χ4v) is 3.66. The van der Waals surface area contributed by atoms with Crippen molar-refractivity contribution in [3.05, 3.63) is 35.9 Å². The van der Waals surface area contributed by atoms with Gasteiger partial charge in [0, 0.05) is 31.6 Å². The molecule has 1 aliphatic heterocycles. The highest BCUT2D eigenvalue weighted by Crippen LogP contribution is 2.31. The van der Waals surface area contributed by atoms with Gasteiger partial charge in [-0.05, 0) is 33.3 Å². The fourth-order valence-electron chi connectivity index (χ4n) is 3.66. The van der Waals surface area contributed by atoms with Gasteiger partial charge in [-0.15, -0.1) is 0 Å². The normalized spacial score (nSPS) is 24.5. The summed E-state index contributed by atoms with van der Waals surface area (Å²) in [5.41, 5.74) is 7.19. The molecule has 0 radical (unpaired) electrons. The zero-order chi connectivity index (χ0) is 15.7. The Bertz CT molecular complexity index is 453. The average Bonchev–Trinajstić information content (AvgIpc) is 2.35. The summed E-state index contributed by atoms with van der Waals surface area (Å²) in [5.74, 6) is 0. The maximum Gasteiger partial charge on any atom is 0.0760 e. The molecule has 0 amide bonds. The molecule has 1 fully saturated rings. The molecule has 0 aliphatic carbocycles. The zero-order valence-corrected chi connectivity index (χ0v) is 14.1. The van der Waals surface area contributed by atoms with E-state index in [0.29, 0.717) is 6.54 Å². The zero-order valence-electron chi connectivity index (χ0n) is 14.1. The van der Waals surface area contributed by atoms with Gasteiger partial charge in [0.2, 0.25) is 0 Å². The van der Waals surface area contributed by atoms with Crippen LogP contribution in [0.1, 0.15) is 40.2 Å². The van der Waals surface area contributed by atoms with Crippen molar-refractivity contribution in [1.82, 2.24) is 4.90 Å². The third kappa shape index (κ3) is 4.06. The van der Waals surface area contributed by atoms with Crippen molar-refractivity contribution >= 4 is 0 Å². The Balaban J connectivity index is 2.18. The van der Waals surface area contributed by atoms with Crippen molar-refractivity contribution in [2.45, 2.75) is 51.2 Å². The first-order valence-electron chi connectivity index (χ1n) is 7.84. The second-order valence-electron chi connectivity index (χ2n) is 7.90. The van der Waals surface area contributed by atoms with Gasteiger partial charge in [-0.25, -0.2) is 0 Å². The van der Waals surface area contributed by atoms with Crippen LogP contribution in [0.5, 0.6) is 0 Å². The first-order chi connectivity index (χ1) is 9.66. The molecule has 3 nitrogen and oxygen atoms in total. The number of morpholine rings is 1. The third-order valence-corrected chi connectivity index (χ3v) is 4.26. The summed E-state index contributed by atoms with van der Waals surface area (Å²) in [6.45, 7) is 14.4. The molecule has 1 heterocycles. The maximum absolute atomic E-state index is 6.17. The molecule has 2 rings (SSSR count). The smallest absolute Gasteiger partial charge is 0.0760 e. The lowest BCUT2D eigenvalue weighted by Crippen LogP contribution is -2.59. The number of benzene rings is 1. The molecule has 0 saturated carbocycles. The Hall–Kier alpha value is -0.900. The summed E-state index contributed by atoms with van der Waals surface area (Å²) in [4.78, 5) is 2.50. The molecule has 0 aromatic heterocycles. The molecular formula is C18H30N2O. The topological polar surface area (TPSA) is 38.5 Å². The van der Waals surface area contributed by atoms with E-state index in [1.807, 2.05) is 0 Å². The molecule has 3 heteroatoms. The van der Waals surface area contributed by atoms with Gasteiger partial charge in [0.1, 0.15) is 0 Å². The Kier molecular flexibility index (Phi) is 4.48. The highest BCUT2D eigenvalue weighted by molar-refractivity contribution is 5.25. The van der Waals surface area contributed by atoms with Gasteiger partial charge < -0.3 is 10.5 Å². The highest BCUT2D eigenvalue weighted by atomic mass is 16.5. The molecule has 1 aromatic rings. The van der Waals surface area contributed by atoms with Crippen molar-refractivity contribution in [3.63, 3.8) is 0 Å². The number of hydrogen-bond donors (Lipinski definition) is 1. The lowest BCUT2D eigenvalue weighted by atomic mass is 9.81. The van der Waals surface area contributed by atoms with Crippen molar-refractivity contribution in [3.8, 4) is 0 Å². The lowest BCUT2D eigenvalue weighted by molar-refractivity contribution is -0.182. The van der Waals surface area contributed by atoms with Crippen LogP contribution >= 0.6 is 0 Å². The van der Waals surface area contributed by atoms with Crippen molar-refractivity contribution in [2.75, 3.05) is 26.2 Å². The summed E-state index contributed by atoms with van der Waals surface area (Å²) in [6, 6.07) is 10.6. The highest BCUT2D eigenvalue weighted by Gasteiger charge is 2.40. The van der Waals surface area contributed by atoms with E-state index < -0.39 is 0 Å². The number of ether oxygens (including phenoxy) is 1. The first kappa shape index (κ1) is 16.5. The van der Waals surface area contributed by atoms with Gasteiger partial charge in [0.15, 0.2) is 0 Å². The number of nitrogens with two attached hydrogens (primary N) is 1. The molecule has 0 bridgehead atoms. The van der Waals surface area contributed by atoms with Crippen LogP contribution < -0.4 is 5.73 Å². The van der Waals surface area contributed by atoms with Crippen LogP contribution in [0.2, 0.25) is 0 Å². The van der Waals surface area contributed by atoms with Gasteiger partial charge in [0.05, 0.1) is 11.2 Å². The van der Waals surface area contributed by atoms with E-state index in [4.69, 9.17) is 10.5 Å². The van der Waals surface area contributed by atoms with Gasteiger partial charge in [0.25, 0.3) is 0 Å². The minimum Gasteiger partial charge on any atom is -0.367 e. The summed E-state index contributed by atoms with van der Waals surface area (Å²) in [5, 5.41) is 0. The average molecular weight is 290 g/mol. The molecular weight excluding hydrogens is 260 g/mol. The monoisotopic (exact) mass is 290 g/mol. The van der Waals surface area contributed by atoms with Gasteiger partial charge in [-0.1, -0.05) is 37.3 Å². The summed E-state index contributed by atoms with van der Waals surface area (Å²) in [7, 11) is 0. The van der Waals surface area contributed by atoms with Crippen LogP contribution in [-0.4, -0.2) is 42.3 Å². The SMILES string of the molecule is CC1(C)CN(CC(C)(CN)c2ccccc2)CC(C)(C)O1. The predicted octanol–water partition coefficient (Wildman–Crippen LogP) is 2.79. The maximum atomic E-state index is 6.17. The third-order valence-electron chi connectivity index (χ3n) is 4.26. The van der Waals surface area contributed by atoms with E-state index in [-0.39, 0.29) is 16.6 Å². The van der Waals surface area contributed by atoms with Crippen molar-refractivity contribution in [1.29, 1.82) is 0 Å². The Morgan fingerprint density at radius 1 is 1.10 bits per heavy atom. The minimum absolute atomic E-state index is 0.0231. The number of rotatable bonds is 4. The van der Waals surface area contributed by atoms with Gasteiger partial charge in [-0.2, -0.15) is 0 Å². The van der Waals surface area contributed by atoms with Crippen LogP contribution in [0, 0.1) is 0 Å². The molecule has 1 unspecified atom stereocenters. The first-order valence-corrected chi connectivity index (χ1v) is 7.84. The lowest BCUT2D eigenvalue weighted by Gasteiger charge is -2.49. The molecule has 1 aromatic carbocycles. The van der Waals surface area contributed by atoms with Gasteiger partial charge >= 0.3 is 0 Å². The van der Waals surface area contributed by atoms with Gasteiger partial charge in [-0.3, -0.25) is 4.90 Å². The molecule has 2 N–H and O–H groups in total. The van der Waals surface area contributed by atoms with Crippen LogP contribution in [0.25, 0.3) is 0 Å². The van der Waals surface area contributed by atoms with Crippen molar-refractivity contribution < 1.29 is 4.74 Å². The van der Waals surface area contributed by atoms with E-state index >= 15 is 0 Å². The molecule has 1 atom stereocenters. The second-order valence-corrected chi connectivity index (χ2v) is 7.90.